The molecule has 114 valence electrons. The van der Waals surface area contributed by atoms with Gasteiger partial charge in [0.05, 0.1) is 4.90 Å². The Labute approximate surface area is 123 Å². The summed E-state index contributed by atoms with van der Waals surface area (Å²) in [7, 11) is -3.30. The van der Waals surface area contributed by atoms with Crippen molar-refractivity contribution in [1.29, 1.82) is 0 Å². The Morgan fingerprint density at radius 1 is 1.29 bits per heavy atom. The fourth-order valence-corrected chi connectivity index (χ4v) is 2.84. The second-order valence-electron chi connectivity index (χ2n) is 4.92. The minimum Gasteiger partial charge on any atom is -0.368 e. The first-order chi connectivity index (χ1) is 9.80. The Morgan fingerprint density at radius 3 is 2.43 bits per heavy atom. The minimum atomic E-state index is -3.30. The fraction of sp³-hybridized carbons (Fsp3) is 0.385. The monoisotopic (exact) mass is 311 g/mol. The third-order valence-electron chi connectivity index (χ3n) is 3.36. The number of carbonyl (C=O) groups is 2. The number of hydrogen-bond donors (Lipinski definition) is 2. The van der Waals surface area contributed by atoms with E-state index < -0.39 is 21.8 Å². The van der Waals surface area contributed by atoms with Gasteiger partial charge in [0.1, 0.15) is 6.04 Å². The maximum absolute atomic E-state index is 12.4. The van der Waals surface area contributed by atoms with Gasteiger partial charge in [-0.15, -0.1) is 0 Å². The number of rotatable bonds is 3. The third-order valence-corrected chi connectivity index (χ3v) is 4.49. The molecule has 1 aromatic carbocycles. The number of nitrogens with one attached hydrogen (secondary N) is 1. The number of amides is 2. The number of benzene rings is 1. The number of carbonyl (C=O) groups excluding carboxylic acids is 2. The van der Waals surface area contributed by atoms with Gasteiger partial charge in [0.25, 0.3) is 5.91 Å². The molecular formula is C13H17N3O4S. The van der Waals surface area contributed by atoms with E-state index in [1.807, 2.05) is 0 Å². The molecule has 8 heteroatoms. The number of nitrogens with zero attached hydrogens (tertiary/aromatic N) is 1. The SMILES string of the molecule is CS(=O)(=O)c1ccc(C(=O)N2CCNCC2C(N)=O)cc1. The third kappa shape index (κ3) is 3.40. The summed E-state index contributed by atoms with van der Waals surface area (Å²) >= 11 is 0. The van der Waals surface area contributed by atoms with Crippen LogP contribution in [-0.2, 0) is 14.6 Å². The Morgan fingerprint density at radius 2 is 1.90 bits per heavy atom. The van der Waals surface area contributed by atoms with Gasteiger partial charge in [-0.3, -0.25) is 9.59 Å². The van der Waals surface area contributed by atoms with Crippen LogP contribution in [0.3, 0.4) is 0 Å². The van der Waals surface area contributed by atoms with Crippen molar-refractivity contribution in [2.75, 3.05) is 25.9 Å². The summed E-state index contributed by atoms with van der Waals surface area (Å²) in [6.45, 7) is 1.28. The highest BCUT2D eigenvalue weighted by molar-refractivity contribution is 7.90. The van der Waals surface area contributed by atoms with E-state index in [4.69, 9.17) is 5.73 Å². The number of hydrogen-bond acceptors (Lipinski definition) is 5. The zero-order valence-corrected chi connectivity index (χ0v) is 12.4. The van der Waals surface area contributed by atoms with E-state index in [0.29, 0.717) is 25.2 Å². The predicted molar refractivity (Wildman–Crippen MR) is 76.4 cm³/mol. The van der Waals surface area contributed by atoms with Crippen LogP contribution in [0.15, 0.2) is 29.2 Å². The van der Waals surface area contributed by atoms with Gasteiger partial charge in [0, 0.05) is 31.5 Å². The molecular weight excluding hydrogens is 294 g/mol. The maximum Gasteiger partial charge on any atom is 0.254 e. The highest BCUT2D eigenvalue weighted by Gasteiger charge is 2.31. The topological polar surface area (TPSA) is 110 Å². The zero-order chi connectivity index (χ0) is 15.6. The van der Waals surface area contributed by atoms with Crippen LogP contribution in [-0.4, -0.2) is 57.1 Å². The first-order valence-electron chi connectivity index (χ1n) is 6.42. The molecule has 1 aliphatic heterocycles. The molecule has 1 atom stereocenters. The second kappa shape index (κ2) is 5.82. The van der Waals surface area contributed by atoms with E-state index in [1.165, 1.54) is 29.2 Å². The number of piperazine rings is 1. The van der Waals surface area contributed by atoms with Gasteiger partial charge in [-0.1, -0.05) is 0 Å². The molecule has 7 nitrogen and oxygen atoms in total. The lowest BCUT2D eigenvalue weighted by Gasteiger charge is -2.34. The van der Waals surface area contributed by atoms with Gasteiger partial charge in [-0.05, 0) is 24.3 Å². The van der Waals surface area contributed by atoms with Crippen LogP contribution in [0.4, 0.5) is 0 Å². The highest BCUT2D eigenvalue weighted by Crippen LogP contribution is 2.14. The number of primary amides is 1. The van der Waals surface area contributed by atoms with E-state index in [1.54, 1.807) is 0 Å². The van der Waals surface area contributed by atoms with Crippen molar-refractivity contribution in [2.24, 2.45) is 5.73 Å². The molecule has 1 unspecified atom stereocenters. The standard InChI is InChI=1S/C13H17N3O4S/c1-21(19,20)10-4-2-9(3-5-10)13(18)16-7-6-15-8-11(16)12(14)17/h2-5,11,15H,6-8H2,1H3,(H2,14,17). The lowest BCUT2D eigenvalue weighted by Crippen LogP contribution is -2.58. The summed E-state index contributed by atoms with van der Waals surface area (Å²) in [5.74, 6) is -0.899. The Hall–Kier alpha value is -1.93. The Bertz CT molecular complexity index is 654. The van der Waals surface area contributed by atoms with Crippen molar-refractivity contribution in [3.8, 4) is 0 Å². The summed E-state index contributed by atoms with van der Waals surface area (Å²) in [5.41, 5.74) is 5.63. The molecule has 1 aromatic rings. The lowest BCUT2D eigenvalue weighted by molar-refractivity contribution is -0.122. The van der Waals surface area contributed by atoms with Gasteiger partial charge in [-0.25, -0.2) is 8.42 Å². The molecule has 3 N–H and O–H groups in total. The van der Waals surface area contributed by atoms with Crippen LogP contribution in [0.1, 0.15) is 10.4 Å². The van der Waals surface area contributed by atoms with Gasteiger partial charge < -0.3 is 16.0 Å². The van der Waals surface area contributed by atoms with E-state index in [2.05, 4.69) is 5.32 Å². The van der Waals surface area contributed by atoms with Crippen LogP contribution in [0.5, 0.6) is 0 Å². The summed E-state index contributed by atoms with van der Waals surface area (Å²) in [4.78, 5) is 25.4. The molecule has 0 aromatic heterocycles. The first-order valence-corrected chi connectivity index (χ1v) is 8.31. The summed E-state index contributed by atoms with van der Waals surface area (Å²) in [5, 5.41) is 3.01. The van der Waals surface area contributed by atoms with Crippen LogP contribution >= 0.6 is 0 Å². The van der Waals surface area contributed by atoms with Gasteiger partial charge in [-0.2, -0.15) is 0 Å². The van der Waals surface area contributed by atoms with E-state index in [-0.39, 0.29) is 10.8 Å². The molecule has 0 spiro atoms. The normalized spacial score (nSPS) is 19.3. The van der Waals surface area contributed by atoms with Crippen LogP contribution in [0.2, 0.25) is 0 Å². The van der Waals surface area contributed by atoms with Crippen LogP contribution in [0.25, 0.3) is 0 Å². The van der Waals surface area contributed by atoms with Crippen molar-refractivity contribution >= 4 is 21.7 Å². The molecule has 1 fully saturated rings. The van der Waals surface area contributed by atoms with Crippen molar-refractivity contribution in [1.82, 2.24) is 10.2 Å². The lowest BCUT2D eigenvalue weighted by atomic mass is 10.1. The molecule has 21 heavy (non-hydrogen) atoms. The van der Waals surface area contributed by atoms with Crippen molar-refractivity contribution in [2.45, 2.75) is 10.9 Å². The van der Waals surface area contributed by atoms with E-state index >= 15 is 0 Å². The van der Waals surface area contributed by atoms with Crippen LogP contribution in [0, 0.1) is 0 Å². The smallest absolute Gasteiger partial charge is 0.254 e. The predicted octanol–water partition coefficient (Wildman–Crippen LogP) is -1.01. The largest absolute Gasteiger partial charge is 0.368 e. The molecule has 1 heterocycles. The average molecular weight is 311 g/mol. The zero-order valence-electron chi connectivity index (χ0n) is 11.6. The Kier molecular flexibility index (Phi) is 4.29. The molecule has 2 amide bonds. The Balaban J connectivity index is 2.24. The van der Waals surface area contributed by atoms with E-state index in [0.717, 1.165) is 6.26 Å². The molecule has 0 aliphatic carbocycles. The molecule has 0 saturated carbocycles. The van der Waals surface area contributed by atoms with Gasteiger partial charge in [0.2, 0.25) is 5.91 Å². The van der Waals surface area contributed by atoms with Crippen molar-refractivity contribution in [3.05, 3.63) is 29.8 Å². The summed E-state index contributed by atoms with van der Waals surface area (Å²) < 4.78 is 22.8. The number of sulfone groups is 1. The van der Waals surface area contributed by atoms with E-state index in [9.17, 15) is 18.0 Å². The van der Waals surface area contributed by atoms with Crippen molar-refractivity contribution in [3.63, 3.8) is 0 Å². The van der Waals surface area contributed by atoms with Gasteiger partial charge in [0.15, 0.2) is 9.84 Å². The average Bonchev–Trinajstić information content (AvgIpc) is 2.45. The summed E-state index contributed by atoms with van der Waals surface area (Å²) in [6, 6.07) is 4.95. The summed E-state index contributed by atoms with van der Waals surface area (Å²) in [6.07, 6.45) is 1.10. The molecule has 1 saturated heterocycles. The quantitative estimate of drug-likeness (QED) is 0.743. The number of nitrogens with two attached hydrogens (primary N) is 1. The second-order valence-corrected chi connectivity index (χ2v) is 6.93. The van der Waals surface area contributed by atoms with Crippen molar-refractivity contribution < 1.29 is 18.0 Å². The molecule has 1 aliphatic rings. The maximum atomic E-state index is 12.4. The molecule has 0 bridgehead atoms. The molecule has 2 rings (SSSR count). The fourth-order valence-electron chi connectivity index (χ4n) is 2.21. The van der Waals surface area contributed by atoms with Crippen LogP contribution < -0.4 is 11.1 Å². The molecule has 0 radical (unpaired) electrons. The van der Waals surface area contributed by atoms with Gasteiger partial charge >= 0.3 is 0 Å². The highest BCUT2D eigenvalue weighted by atomic mass is 32.2. The first kappa shape index (κ1) is 15.5. The minimum absolute atomic E-state index is 0.144.